The second-order valence-electron chi connectivity index (χ2n) is 5.52. The molecule has 1 fully saturated rings. The van der Waals surface area contributed by atoms with Crippen LogP contribution in [0.25, 0.3) is 0 Å². The van der Waals surface area contributed by atoms with E-state index in [2.05, 4.69) is 66.9 Å². The van der Waals surface area contributed by atoms with Gasteiger partial charge in [-0.2, -0.15) is 0 Å². The summed E-state index contributed by atoms with van der Waals surface area (Å²) in [6.45, 7) is 9.35. The van der Waals surface area contributed by atoms with Crippen LogP contribution in [0.2, 0.25) is 0 Å². The van der Waals surface area contributed by atoms with Crippen molar-refractivity contribution in [3.63, 3.8) is 0 Å². The fraction of sp³-hybridized carbons (Fsp3) is 0.714. The second-order valence-corrected chi connectivity index (χ2v) is 6.32. The van der Waals surface area contributed by atoms with E-state index in [0.29, 0.717) is 0 Å². The third-order valence-electron chi connectivity index (χ3n) is 3.65. The van der Waals surface area contributed by atoms with Gasteiger partial charge in [-0.25, -0.2) is 9.97 Å². The SMILES string of the molecule is CCNc1ncnc(N2CCN(CCN(C)C)CC2)c1Br. The second kappa shape index (κ2) is 7.91. The smallest absolute Gasteiger partial charge is 0.148 e. The summed E-state index contributed by atoms with van der Waals surface area (Å²) in [7, 11) is 4.24. The molecule has 1 saturated heterocycles. The Hall–Kier alpha value is -0.920. The first-order valence-corrected chi connectivity index (χ1v) is 8.27. The highest BCUT2D eigenvalue weighted by atomic mass is 79.9. The number of rotatable bonds is 6. The number of piperazine rings is 1. The maximum absolute atomic E-state index is 4.45. The number of hydrogen-bond acceptors (Lipinski definition) is 6. The molecule has 0 radical (unpaired) electrons. The van der Waals surface area contributed by atoms with Gasteiger partial charge in [0.25, 0.3) is 0 Å². The number of anilines is 2. The Morgan fingerprint density at radius 1 is 1.24 bits per heavy atom. The lowest BCUT2D eigenvalue weighted by atomic mass is 10.3. The predicted octanol–water partition coefficient (Wildman–Crippen LogP) is 1.35. The monoisotopic (exact) mass is 356 g/mol. The van der Waals surface area contributed by atoms with Gasteiger partial charge in [-0.15, -0.1) is 0 Å². The summed E-state index contributed by atoms with van der Waals surface area (Å²) in [5.74, 6) is 1.87. The van der Waals surface area contributed by atoms with Crippen molar-refractivity contribution in [1.29, 1.82) is 0 Å². The van der Waals surface area contributed by atoms with Crippen molar-refractivity contribution in [3.8, 4) is 0 Å². The van der Waals surface area contributed by atoms with E-state index in [9.17, 15) is 0 Å². The summed E-state index contributed by atoms with van der Waals surface area (Å²) in [5, 5.41) is 3.26. The van der Waals surface area contributed by atoms with E-state index in [1.54, 1.807) is 6.33 Å². The van der Waals surface area contributed by atoms with E-state index < -0.39 is 0 Å². The van der Waals surface area contributed by atoms with Crippen molar-refractivity contribution in [1.82, 2.24) is 19.8 Å². The number of aromatic nitrogens is 2. The molecule has 6 nitrogen and oxygen atoms in total. The minimum Gasteiger partial charge on any atom is -0.369 e. The number of likely N-dealkylation sites (N-methyl/N-ethyl adjacent to an activating group) is 1. The van der Waals surface area contributed by atoms with Crippen LogP contribution in [0.5, 0.6) is 0 Å². The van der Waals surface area contributed by atoms with E-state index in [0.717, 1.165) is 61.9 Å². The Labute approximate surface area is 135 Å². The van der Waals surface area contributed by atoms with Crippen LogP contribution in [0.4, 0.5) is 11.6 Å². The molecule has 1 aromatic rings. The molecular weight excluding hydrogens is 332 g/mol. The highest BCUT2D eigenvalue weighted by Gasteiger charge is 2.21. The minimum absolute atomic E-state index is 0.855. The summed E-state index contributed by atoms with van der Waals surface area (Å²) >= 11 is 3.63. The van der Waals surface area contributed by atoms with E-state index in [1.165, 1.54) is 0 Å². The van der Waals surface area contributed by atoms with Crippen molar-refractivity contribution < 1.29 is 0 Å². The molecule has 0 unspecified atom stereocenters. The predicted molar refractivity (Wildman–Crippen MR) is 91.1 cm³/mol. The molecule has 21 heavy (non-hydrogen) atoms. The first kappa shape index (κ1) is 16.5. The molecule has 0 amide bonds. The summed E-state index contributed by atoms with van der Waals surface area (Å²) < 4.78 is 0.966. The molecule has 0 atom stereocenters. The molecule has 1 aliphatic rings. The lowest BCUT2D eigenvalue weighted by Crippen LogP contribution is -2.48. The summed E-state index contributed by atoms with van der Waals surface area (Å²) in [6.07, 6.45) is 1.64. The first-order chi connectivity index (χ1) is 10.1. The van der Waals surface area contributed by atoms with Crippen molar-refractivity contribution in [2.75, 3.05) is 70.1 Å². The highest BCUT2D eigenvalue weighted by Crippen LogP contribution is 2.29. The molecule has 0 aromatic carbocycles. The number of nitrogens with one attached hydrogen (secondary N) is 1. The molecule has 0 saturated carbocycles. The number of nitrogens with zero attached hydrogens (tertiary/aromatic N) is 5. The molecule has 0 bridgehead atoms. The Balaban J connectivity index is 1.94. The molecule has 1 aliphatic heterocycles. The Bertz CT molecular complexity index is 445. The van der Waals surface area contributed by atoms with Gasteiger partial charge in [-0.3, -0.25) is 4.90 Å². The van der Waals surface area contributed by atoms with Gasteiger partial charge < -0.3 is 15.1 Å². The van der Waals surface area contributed by atoms with Gasteiger partial charge in [0.15, 0.2) is 0 Å². The van der Waals surface area contributed by atoms with Crippen LogP contribution in [-0.4, -0.2) is 79.7 Å². The Morgan fingerprint density at radius 2 is 1.95 bits per heavy atom. The molecule has 0 spiro atoms. The highest BCUT2D eigenvalue weighted by molar-refractivity contribution is 9.10. The third-order valence-corrected chi connectivity index (χ3v) is 4.38. The van der Waals surface area contributed by atoms with Crippen molar-refractivity contribution in [2.45, 2.75) is 6.92 Å². The van der Waals surface area contributed by atoms with Gasteiger partial charge in [0.05, 0.1) is 0 Å². The van der Waals surface area contributed by atoms with Crippen LogP contribution >= 0.6 is 15.9 Å². The van der Waals surface area contributed by atoms with Gasteiger partial charge in [-0.1, -0.05) is 0 Å². The summed E-state index contributed by atoms with van der Waals surface area (Å²) in [6, 6.07) is 0. The standard InChI is InChI=1S/C14H25BrN6/c1-4-16-13-12(15)14(18-11-17-13)21-9-7-20(8-10-21)6-5-19(2)3/h11H,4-10H2,1-3H3,(H,16,17,18). The minimum atomic E-state index is 0.855. The lowest BCUT2D eigenvalue weighted by molar-refractivity contribution is 0.229. The van der Waals surface area contributed by atoms with Crippen LogP contribution < -0.4 is 10.2 Å². The average Bonchev–Trinajstić information content (AvgIpc) is 2.48. The van der Waals surface area contributed by atoms with Gasteiger partial charge in [0, 0.05) is 45.8 Å². The first-order valence-electron chi connectivity index (χ1n) is 7.48. The zero-order valence-electron chi connectivity index (χ0n) is 13.1. The molecule has 118 valence electrons. The van der Waals surface area contributed by atoms with Gasteiger partial charge in [-0.05, 0) is 36.9 Å². The maximum atomic E-state index is 4.45. The van der Waals surface area contributed by atoms with Crippen LogP contribution in [0.15, 0.2) is 10.8 Å². The van der Waals surface area contributed by atoms with Gasteiger partial charge >= 0.3 is 0 Å². The zero-order valence-corrected chi connectivity index (χ0v) is 14.7. The molecule has 2 heterocycles. The lowest BCUT2D eigenvalue weighted by Gasteiger charge is -2.36. The molecule has 7 heteroatoms. The molecule has 0 aliphatic carbocycles. The van der Waals surface area contributed by atoms with Crippen LogP contribution in [0.1, 0.15) is 6.92 Å². The van der Waals surface area contributed by atoms with Crippen LogP contribution in [0, 0.1) is 0 Å². The molecular formula is C14H25BrN6. The van der Waals surface area contributed by atoms with Crippen LogP contribution in [-0.2, 0) is 0 Å². The molecule has 2 rings (SSSR count). The van der Waals surface area contributed by atoms with Crippen molar-refractivity contribution >= 4 is 27.6 Å². The number of halogens is 1. The zero-order chi connectivity index (χ0) is 15.2. The fourth-order valence-electron chi connectivity index (χ4n) is 2.40. The molecule has 1 N–H and O–H groups in total. The van der Waals surface area contributed by atoms with E-state index >= 15 is 0 Å². The van der Waals surface area contributed by atoms with Crippen molar-refractivity contribution in [3.05, 3.63) is 10.8 Å². The Kier molecular flexibility index (Phi) is 6.20. The Morgan fingerprint density at radius 3 is 2.57 bits per heavy atom. The molecule has 1 aromatic heterocycles. The number of hydrogen-bond donors (Lipinski definition) is 1. The normalized spacial score (nSPS) is 16.5. The fourth-order valence-corrected chi connectivity index (χ4v) is 2.99. The third kappa shape index (κ3) is 4.52. The quantitative estimate of drug-likeness (QED) is 0.830. The largest absolute Gasteiger partial charge is 0.369 e. The summed E-state index contributed by atoms with van der Waals surface area (Å²) in [4.78, 5) is 15.8. The van der Waals surface area contributed by atoms with E-state index in [1.807, 2.05) is 0 Å². The summed E-state index contributed by atoms with van der Waals surface area (Å²) in [5.41, 5.74) is 0. The van der Waals surface area contributed by atoms with Gasteiger partial charge in [0.2, 0.25) is 0 Å². The maximum Gasteiger partial charge on any atom is 0.148 e. The van der Waals surface area contributed by atoms with Gasteiger partial charge in [0.1, 0.15) is 22.4 Å². The average molecular weight is 357 g/mol. The van der Waals surface area contributed by atoms with Crippen molar-refractivity contribution in [2.24, 2.45) is 0 Å². The topological polar surface area (TPSA) is 47.5 Å². The van der Waals surface area contributed by atoms with Crippen LogP contribution in [0.3, 0.4) is 0 Å². The van der Waals surface area contributed by atoms with E-state index in [4.69, 9.17) is 0 Å². The van der Waals surface area contributed by atoms with E-state index in [-0.39, 0.29) is 0 Å².